The van der Waals surface area contributed by atoms with Crippen molar-refractivity contribution in [2.45, 2.75) is 13.3 Å². The van der Waals surface area contributed by atoms with Crippen LogP contribution in [0.4, 0.5) is 5.69 Å². The molecule has 0 aliphatic rings. The summed E-state index contributed by atoms with van der Waals surface area (Å²) in [5.74, 6) is -0.00192. The van der Waals surface area contributed by atoms with Crippen LogP contribution in [0.1, 0.15) is 29.5 Å². The van der Waals surface area contributed by atoms with E-state index in [-0.39, 0.29) is 17.5 Å². The highest BCUT2D eigenvalue weighted by molar-refractivity contribution is 6.10. The number of benzene rings is 1. The molecule has 28 heavy (non-hydrogen) atoms. The first-order valence-electron chi connectivity index (χ1n) is 8.88. The highest BCUT2D eigenvalue weighted by atomic mass is 16.3. The minimum atomic E-state index is -0.272. The molecular weight excluding hydrogens is 356 g/mol. The van der Waals surface area contributed by atoms with E-state index in [0.29, 0.717) is 17.6 Å². The summed E-state index contributed by atoms with van der Waals surface area (Å²) in [6, 6.07) is 12.7. The van der Waals surface area contributed by atoms with E-state index in [2.05, 4.69) is 10.1 Å². The second-order valence-corrected chi connectivity index (χ2v) is 6.29. The lowest BCUT2D eigenvalue weighted by atomic mass is 10.1. The van der Waals surface area contributed by atoms with E-state index >= 15 is 0 Å². The number of nitrogens with zero attached hydrogens (tertiary/aromatic N) is 4. The molecule has 0 atom stereocenters. The van der Waals surface area contributed by atoms with Crippen molar-refractivity contribution in [3.63, 3.8) is 0 Å². The quantitative estimate of drug-likeness (QED) is 0.499. The molecule has 0 bridgehead atoms. The highest BCUT2D eigenvalue weighted by Crippen LogP contribution is 2.26. The van der Waals surface area contributed by atoms with E-state index in [1.807, 2.05) is 37.3 Å². The molecular formula is C21H18N4O3. The summed E-state index contributed by atoms with van der Waals surface area (Å²) >= 11 is 0. The standard InChI is InChI=1S/C21H18N4O3/c1-3-19(26)24(2)15-7-4-6-14(12-15)17-9-10-22-21-16(13-23-25(17)21)20(27)18-8-5-11-28-18/h4-13H,3H2,1-2H3. The minimum Gasteiger partial charge on any atom is -0.461 e. The maximum Gasteiger partial charge on any atom is 0.233 e. The minimum absolute atomic E-state index is 0.0300. The molecule has 0 saturated heterocycles. The van der Waals surface area contributed by atoms with Crippen molar-refractivity contribution in [2.24, 2.45) is 0 Å². The molecule has 0 saturated carbocycles. The number of carbonyl (C=O) groups excluding carboxylic acids is 2. The van der Waals surface area contributed by atoms with E-state index in [1.165, 1.54) is 12.5 Å². The van der Waals surface area contributed by atoms with Gasteiger partial charge in [-0.25, -0.2) is 9.50 Å². The van der Waals surface area contributed by atoms with Crippen LogP contribution in [-0.2, 0) is 4.79 Å². The summed E-state index contributed by atoms with van der Waals surface area (Å²) in [5, 5.41) is 4.36. The normalized spacial score (nSPS) is 10.9. The van der Waals surface area contributed by atoms with Gasteiger partial charge in [-0.1, -0.05) is 19.1 Å². The van der Waals surface area contributed by atoms with E-state index in [1.54, 1.807) is 34.8 Å². The molecule has 4 aromatic rings. The summed E-state index contributed by atoms with van der Waals surface area (Å²) < 4.78 is 6.83. The second kappa shape index (κ2) is 7.11. The van der Waals surface area contributed by atoms with Crippen molar-refractivity contribution in [1.82, 2.24) is 14.6 Å². The molecule has 0 fully saturated rings. The fourth-order valence-electron chi connectivity index (χ4n) is 3.07. The molecule has 3 aromatic heterocycles. The number of hydrogen-bond acceptors (Lipinski definition) is 5. The van der Waals surface area contributed by atoms with Crippen LogP contribution in [0.15, 0.2) is 65.5 Å². The van der Waals surface area contributed by atoms with Gasteiger partial charge in [-0.3, -0.25) is 9.59 Å². The van der Waals surface area contributed by atoms with Gasteiger partial charge in [0, 0.05) is 30.9 Å². The van der Waals surface area contributed by atoms with Crippen LogP contribution in [-0.4, -0.2) is 33.3 Å². The first-order valence-corrected chi connectivity index (χ1v) is 8.88. The Morgan fingerprint density at radius 3 is 2.79 bits per heavy atom. The number of fused-ring (bicyclic) bond motifs is 1. The van der Waals surface area contributed by atoms with Crippen LogP contribution in [0, 0.1) is 0 Å². The van der Waals surface area contributed by atoms with Gasteiger partial charge in [0.15, 0.2) is 11.4 Å². The van der Waals surface area contributed by atoms with Crippen LogP contribution < -0.4 is 4.90 Å². The smallest absolute Gasteiger partial charge is 0.233 e. The Morgan fingerprint density at radius 2 is 2.04 bits per heavy atom. The molecule has 1 amide bonds. The number of carbonyl (C=O) groups is 2. The maximum atomic E-state index is 12.7. The number of rotatable bonds is 5. The lowest BCUT2D eigenvalue weighted by molar-refractivity contribution is -0.118. The molecule has 4 rings (SSSR count). The largest absolute Gasteiger partial charge is 0.461 e. The Balaban J connectivity index is 1.79. The third-order valence-electron chi connectivity index (χ3n) is 4.60. The molecule has 7 nitrogen and oxygen atoms in total. The molecule has 3 heterocycles. The third kappa shape index (κ3) is 2.96. The highest BCUT2D eigenvalue weighted by Gasteiger charge is 2.20. The lowest BCUT2D eigenvalue weighted by Crippen LogP contribution is -2.24. The third-order valence-corrected chi connectivity index (χ3v) is 4.60. The Bertz CT molecular complexity index is 1160. The number of anilines is 1. The Morgan fingerprint density at radius 1 is 1.18 bits per heavy atom. The fraction of sp³-hybridized carbons (Fsp3) is 0.143. The molecule has 0 N–H and O–H groups in total. The molecule has 0 radical (unpaired) electrons. The van der Waals surface area contributed by atoms with Gasteiger partial charge in [0.2, 0.25) is 11.7 Å². The second-order valence-electron chi connectivity index (χ2n) is 6.29. The van der Waals surface area contributed by atoms with E-state index in [9.17, 15) is 9.59 Å². The van der Waals surface area contributed by atoms with Gasteiger partial charge in [0.1, 0.15) is 0 Å². The number of aromatic nitrogens is 3. The number of furan rings is 1. The predicted molar refractivity (Wildman–Crippen MR) is 104 cm³/mol. The topological polar surface area (TPSA) is 80.7 Å². The molecule has 0 unspecified atom stereocenters. The van der Waals surface area contributed by atoms with E-state index < -0.39 is 0 Å². The number of ketones is 1. The van der Waals surface area contributed by atoms with Crippen LogP contribution in [0.25, 0.3) is 16.9 Å². The molecule has 0 spiro atoms. The Kier molecular flexibility index (Phi) is 4.49. The molecule has 0 aliphatic heterocycles. The zero-order chi connectivity index (χ0) is 19.7. The fourth-order valence-corrected chi connectivity index (χ4v) is 3.07. The summed E-state index contributed by atoms with van der Waals surface area (Å²) in [7, 11) is 1.75. The van der Waals surface area contributed by atoms with Crippen molar-refractivity contribution in [3.05, 3.63) is 72.4 Å². The van der Waals surface area contributed by atoms with Gasteiger partial charge < -0.3 is 9.32 Å². The first kappa shape index (κ1) is 17.7. The first-order chi connectivity index (χ1) is 13.6. The molecule has 1 aromatic carbocycles. The predicted octanol–water partition coefficient (Wildman–Crippen LogP) is 3.59. The van der Waals surface area contributed by atoms with Crippen molar-refractivity contribution in [1.29, 1.82) is 0 Å². The van der Waals surface area contributed by atoms with Crippen molar-refractivity contribution in [3.8, 4) is 11.3 Å². The average Bonchev–Trinajstić information content (AvgIpc) is 3.42. The van der Waals surface area contributed by atoms with Gasteiger partial charge in [-0.2, -0.15) is 5.10 Å². The Hall–Kier alpha value is -3.74. The van der Waals surface area contributed by atoms with E-state index in [0.717, 1.165) is 16.9 Å². The Labute approximate surface area is 161 Å². The molecule has 140 valence electrons. The van der Waals surface area contributed by atoms with Crippen molar-refractivity contribution < 1.29 is 14.0 Å². The van der Waals surface area contributed by atoms with Gasteiger partial charge in [-0.15, -0.1) is 0 Å². The summed E-state index contributed by atoms with van der Waals surface area (Å²) in [5.41, 5.74) is 3.23. The maximum absolute atomic E-state index is 12.7. The zero-order valence-corrected chi connectivity index (χ0v) is 15.5. The molecule has 0 aliphatic carbocycles. The van der Waals surface area contributed by atoms with Crippen LogP contribution >= 0.6 is 0 Å². The van der Waals surface area contributed by atoms with Crippen LogP contribution in [0.5, 0.6) is 0 Å². The summed E-state index contributed by atoms with van der Waals surface area (Å²) in [6.45, 7) is 1.83. The van der Waals surface area contributed by atoms with E-state index in [4.69, 9.17) is 4.42 Å². The van der Waals surface area contributed by atoms with Crippen LogP contribution in [0.2, 0.25) is 0 Å². The van der Waals surface area contributed by atoms with Crippen molar-refractivity contribution in [2.75, 3.05) is 11.9 Å². The zero-order valence-electron chi connectivity index (χ0n) is 15.5. The summed E-state index contributed by atoms with van der Waals surface area (Å²) in [4.78, 5) is 30.6. The monoisotopic (exact) mass is 374 g/mol. The van der Waals surface area contributed by atoms with Crippen LogP contribution in [0.3, 0.4) is 0 Å². The SMILES string of the molecule is CCC(=O)N(C)c1cccc(-c2ccnc3c(C(=O)c4ccco4)cnn23)c1. The van der Waals surface area contributed by atoms with Crippen molar-refractivity contribution >= 4 is 23.0 Å². The van der Waals surface area contributed by atoms with Gasteiger partial charge >= 0.3 is 0 Å². The number of amides is 1. The molecule has 7 heteroatoms. The average molecular weight is 374 g/mol. The summed E-state index contributed by atoms with van der Waals surface area (Å²) in [6.07, 6.45) is 5.02. The van der Waals surface area contributed by atoms with Gasteiger partial charge in [0.05, 0.1) is 23.7 Å². The van der Waals surface area contributed by atoms with Gasteiger partial charge in [0.25, 0.3) is 0 Å². The van der Waals surface area contributed by atoms with Gasteiger partial charge in [-0.05, 0) is 30.3 Å². The lowest BCUT2D eigenvalue weighted by Gasteiger charge is -2.17. The number of hydrogen-bond donors (Lipinski definition) is 0.